The van der Waals surface area contributed by atoms with Gasteiger partial charge in [0.2, 0.25) is 11.5 Å². The lowest BCUT2D eigenvalue weighted by molar-refractivity contribution is 0.0658. The molecule has 1 heterocycles. The van der Waals surface area contributed by atoms with Crippen LogP contribution in [0.1, 0.15) is 16.1 Å². The summed E-state index contributed by atoms with van der Waals surface area (Å²) in [4.78, 5) is 11.3. The maximum atomic E-state index is 11.3. The van der Waals surface area contributed by atoms with Crippen LogP contribution in [0.25, 0.3) is 11.0 Å². The Morgan fingerprint density at radius 3 is 2.29 bits per heavy atom. The predicted molar refractivity (Wildman–Crippen MR) is 73.5 cm³/mol. The topological polar surface area (TPSA) is 87.4 Å². The Morgan fingerprint density at radius 1 is 1.14 bits per heavy atom. The maximum absolute atomic E-state index is 11.3. The van der Waals surface area contributed by atoms with Gasteiger partial charge in [-0.2, -0.15) is 0 Å². The average Bonchev–Trinajstić information content (AvgIpc) is 2.84. The summed E-state index contributed by atoms with van der Waals surface area (Å²) in [6, 6.07) is 1.56. The van der Waals surface area contributed by atoms with Crippen LogP contribution in [0.3, 0.4) is 0 Å². The number of hydrogen-bond acceptors (Lipinski definition) is 6. The van der Waals surface area contributed by atoms with Crippen LogP contribution >= 0.6 is 0 Å². The minimum atomic E-state index is -1.18. The molecular weight excluding hydrogens is 280 g/mol. The van der Waals surface area contributed by atoms with Gasteiger partial charge < -0.3 is 28.5 Å². The van der Waals surface area contributed by atoms with Crippen LogP contribution < -0.4 is 14.2 Å². The molecule has 114 valence electrons. The van der Waals surface area contributed by atoms with E-state index < -0.39 is 5.97 Å². The van der Waals surface area contributed by atoms with Gasteiger partial charge in [0.05, 0.1) is 33.3 Å². The molecule has 7 heteroatoms. The number of methoxy groups -OCH3 is 4. The fraction of sp³-hybridized carbons (Fsp3) is 0.357. The molecule has 2 rings (SSSR count). The van der Waals surface area contributed by atoms with E-state index in [9.17, 15) is 9.90 Å². The van der Waals surface area contributed by atoms with Gasteiger partial charge >= 0.3 is 5.97 Å². The first kappa shape index (κ1) is 15.0. The van der Waals surface area contributed by atoms with E-state index in [2.05, 4.69) is 0 Å². The Labute approximate surface area is 121 Å². The predicted octanol–water partition coefficient (Wildman–Crippen LogP) is 2.30. The lowest BCUT2D eigenvalue weighted by Gasteiger charge is -2.13. The highest BCUT2D eigenvalue weighted by molar-refractivity contribution is 6.00. The molecular formula is C14H16O7. The van der Waals surface area contributed by atoms with E-state index in [-0.39, 0.29) is 12.4 Å². The van der Waals surface area contributed by atoms with E-state index in [1.165, 1.54) is 28.4 Å². The molecule has 21 heavy (non-hydrogen) atoms. The van der Waals surface area contributed by atoms with E-state index in [0.29, 0.717) is 33.8 Å². The third kappa shape index (κ3) is 2.36. The number of benzene rings is 1. The zero-order valence-corrected chi connectivity index (χ0v) is 12.2. The summed E-state index contributed by atoms with van der Waals surface area (Å²) in [7, 11) is 5.87. The van der Waals surface area contributed by atoms with Crippen LogP contribution in [0.4, 0.5) is 0 Å². The Kier molecular flexibility index (Phi) is 4.23. The van der Waals surface area contributed by atoms with Crippen LogP contribution in [0, 0.1) is 0 Å². The summed E-state index contributed by atoms with van der Waals surface area (Å²) in [6.07, 6.45) is 0. The summed E-state index contributed by atoms with van der Waals surface area (Å²) in [5.74, 6) is -0.284. The highest BCUT2D eigenvalue weighted by atomic mass is 16.5. The molecule has 0 saturated carbocycles. The average molecular weight is 296 g/mol. The summed E-state index contributed by atoms with van der Waals surface area (Å²) in [5.41, 5.74) is 0.715. The zero-order chi connectivity index (χ0) is 15.6. The minimum absolute atomic E-state index is 0.0699. The minimum Gasteiger partial charge on any atom is -0.493 e. The van der Waals surface area contributed by atoms with Crippen LogP contribution in [0.5, 0.6) is 17.2 Å². The van der Waals surface area contributed by atoms with E-state index >= 15 is 0 Å². The molecule has 1 N–H and O–H groups in total. The molecule has 0 unspecified atom stereocenters. The number of carboxylic acids is 1. The van der Waals surface area contributed by atoms with E-state index in [1.807, 2.05) is 0 Å². The molecule has 0 spiro atoms. The molecule has 2 aromatic rings. The molecule has 0 aliphatic rings. The van der Waals surface area contributed by atoms with Crippen LogP contribution in [0.15, 0.2) is 10.5 Å². The van der Waals surface area contributed by atoms with Gasteiger partial charge in [0.1, 0.15) is 5.58 Å². The second-order valence-electron chi connectivity index (χ2n) is 4.17. The molecule has 1 aromatic carbocycles. The van der Waals surface area contributed by atoms with Crippen molar-refractivity contribution in [1.82, 2.24) is 0 Å². The van der Waals surface area contributed by atoms with Crippen molar-refractivity contribution < 1.29 is 33.3 Å². The first-order valence-electron chi connectivity index (χ1n) is 6.05. The molecule has 0 bridgehead atoms. The Bertz CT molecular complexity index is 672. The zero-order valence-electron chi connectivity index (χ0n) is 12.2. The lowest BCUT2D eigenvalue weighted by atomic mass is 10.1. The maximum Gasteiger partial charge on any atom is 0.372 e. The third-order valence-corrected chi connectivity index (χ3v) is 3.06. The number of furan rings is 1. The molecule has 0 aliphatic heterocycles. The smallest absolute Gasteiger partial charge is 0.372 e. The van der Waals surface area contributed by atoms with Gasteiger partial charge in [-0.1, -0.05) is 0 Å². The monoisotopic (exact) mass is 296 g/mol. The second kappa shape index (κ2) is 5.92. The number of carbonyl (C=O) groups is 1. The molecule has 1 aromatic heterocycles. The van der Waals surface area contributed by atoms with Gasteiger partial charge in [-0.3, -0.25) is 0 Å². The molecule has 0 amide bonds. The Balaban J connectivity index is 2.89. The molecule has 7 nitrogen and oxygen atoms in total. The highest BCUT2D eigenvalue weighted by Crippen LogP contribution is 2.46. The van der Waals surface area contributed by atoms with E-state index in [0.717, 1.165) is 0 Å². The summed E-state index contributed by atoms with van der Waals surface area (Å²) >= 11 is 0. The van der Waals surface area contributed by atoms with Crippen LogP contribution in [-0.4, -0.2) is 39.5 Å². The number of rotatable bonds is 6. The van der Waals surface area contributed by atoms with Gasteiger partial charge in [-0.05, 0) is 0 Å². The second-order valence-corrected chi connectivity index (χ2v) is 4.17. The molecule has 0 atom stereocenters. The fourth-order valence-corrected chi connectivity index (χ4v) is 2.24. The first-order valence-corrected chi connectivity index (χ1v) is 6.05. The van der Waals surface area contributed by atoms with Crippen molar-refractivity contribution in [1.29, 1.82) is 0 Å². The molecule has 0 fully saturated rings. The van der Waals surface area contributed by atoms with Gasteiger partial charge in [-0.25, -0.2) is 4.79 Å². The van der Waals surface area contributed by atoms with Gasteiger partial charge in [0.25, 0.3) is 0 Å². The number of carboxylic acid groups (broad SMARTS) is 1. The summed E-state index contributed by atoms with van der Waals surface area (Å²) in [6.45, 7) is 0.0699. The molecule has 0 radical (unpaired) electrons. The largest absolute Gasteiger partial charge is 0.493 e. The standard InChI is InChI=1S/C14H16O7/c1-17-6-7-10-8(21-11(7)14(15)16)5-9(18-2)12(19-3)13(10)20-4/h5H,6H2,1-4H3,(H,15,16). The number of ether oxygens (including phenoxy) is 4. The van der Waals surface area contributed by atoms with Crippen molar-refractivity contribution >= 4 is 16.9 Å². The lowest BCUT2D eigenvalue weighted by Crippen LogP contribution is -2.01. The third-order valence-electron chi connectivity index (χ3n) is 3.06. The fourth-order valence-electron chi connectivity index (χ4n) is 2.24. The first-order chi connectivity index (χ1) is 10.1. The van der Waals surface area contributed by atoms with Crippen molar-refractivity contribution in [3.05, 3.63) is 17.4 Å². The van der Waals surface area contributed by atoms with E-state index in [1.54, 1.807) is 6.07 Å². The summed E-state index contributed by atoms with van der Waals surface area (Å²) < 4.78 is 26.3. The van der Waals surface area contributed by atoms with Crippen molar-refractivity contribution in [2.24, 2.45) is 0 Å². The van der Waals surface area contributed by atoms with Crippen molar-refractivity contribution in [3.63, 3.8) is 0 Å². The quantitative estimate of drug-likeness (QED) is 0.875. The molecule has 0 saturated heterocycles. The SMILES string of the molecule is COCc1c(C(=O)O)oc2cc(OC)c(OC)c(OC)c12. The van der Waals surface area contributed by atoms with Crippen molar-refractivity contribution in [2.45, 2.75) is 6.61 Å². The highest BCUT2D eigenvalue weighted by Gasteiger charge is 2.27. The van der Waals surface area contributed by atoms with Gasteiger partial charge in [-0.15, -0.1) is 0 Å². The normalized spacial score (nSPS) is 10.7. The van der Waals surface area contributed by atoms with Gasteiger partial charge in [0.15, 0.2) is 11.5 Å². The number of fused-ring (bicyclic) bond motifs is 1. The Morgan fingerprint density at radius 2 is 1.81 bits per heavy atom. The Hall–Kier alpha value is -2.41. The molecule has 0 aliphatic carbocycles. The van der Waals surface area contributed by atoms with Crippen molar-refractivity contribution in [3.8, 4) is 17.2 Å². The van der Waals surface area contributed by atoms with Crippen molar-refractivity contribution in [2.75, 3.05) is 28.4 Å². The summed E-state index contributed by atoms with van der Waals surface area (Å²) in [5, 5.41) is 9.75. The number of aromatic carboxylic acids is 1. The van der Waals surface area contributed by atoms with E-state index in [4.69, 9.17) is 23.4 Å². The van der Waals surface area contributed by atoms with Gasteiger partial charge in [0, 0.05) is 18.7 Å². The van der Waals surface area contributed by atoms with Crippen LogP contribution in [0.2, 0.25) is 0 Å². The number of hydrogen-bond donors (Lipinski definition) is 1. The van der Waals surface area contributed by atoms with Crippen LogP contribution in [-0.2, 0) is 11.3 Å².